The molecule has 0 spiro atoms. The topological polar surface area (TPSA) is 64.4 Å². The molecule has 6 heteroatoms. The second-order valence-corrected chi connectivity index (χ2v) is 4.33. The molecule has 0 fully saturated rings. The van der Waals surface area contributed by atoms with Crippen LogP contribution in [0, 0.1) is 0 Å². The molecule has 0 aliphatic rings. The van der Waals surface area contributed by atoms with E-state index in [0.717, 1.165) is 5.56 Å². The number of benzene rings is 2. The number of nitrogens with one attached hydrogen (secondary N) is 1. The third kappa shape index (κ3) is 4.45. The summed E-state index contributed by atoms with van der Waals surface area (Å²) in [5, 5.41) is 2.73. The van der Waals surface area contributed by atoms with E-state index in [1.54, 1.807) is 36.4 Å². The van der Waals surface area contributed by atoms with Crippen molar-refractivity contribution in [3.63, 3.8) is 0 Å². The van der Waals surface area contributed by atoms with Gasteiger partial charge in [0.1, 0.15) is 5.75 Å². The van der Waals surface area contributed by atoms with Gasteiger partial charge in [-0.1, -0.05) is 12.1 Å². The van der Waals surface area contributed by atoms with Gasteiger partial charge in [-0.2, -0.15) is 8.78 Å². The van der Waals surface area contributed by atoms with Crippen molar-refractivity contribution in [2.24, 2.45) is 0 Å². The average Bonchev–Trinajstić information content (AvgIpc) is 2.46. The van der Waals surface area contributed by atoms with Crippen LogP contribution in [0.2, 0.25) is 0 Å². The van der Waals surface area contributed by atoms with Crippen LogP contribution in [0.15, 0.2) is 48.5 Å². The monoisotopic (exact) mass is 292 g/mol. The first-order valence-electron chi connectivity index (χ1n) is 6.22. The summed E-state index contributed by atoms with van der Waals surface area (Å²) in [6, 6.07) is 12.6. The largest absolute Gasteiger partial charge is 0.435 e. The number of nitrogens with two attached hydrogens (primary N) is 1. The van der Waals surface area contributed by atoms with E-state index in [0.29, 0.717) is 11.3 Å². The average molecular weight is 292 g/mol. The number of alkyl halides is 2. The molecule has 21 heavy (non-hydrogen) atoms. The maximum atomic E-state index is 12.0. The van der Waals surface area contributed by atoms with E-state index in [1.165, 1.54) is 12.1 Å². The molecule has 0 saturated heterocycles. The molecule has 4 nitrogen and oxygen atoms in total. The molecule has 0 aliphatic carbocycles. The lowest BCUT2D eigenvalue weighted by Gasteiger charge is -2.07. The third-order valence-corrected chi connectivity index (χ3v) is 2.77. The van der Waals surface area contributed by atoms with Gasteiger partial charge in [-0.05, 0) is 42.0 Å². The van der Waals surface area contributed by atoms with Crippen molar-refractivity contribution in [3.8, 4) is 5.75 Å². The molecule has 0 atom stereocenters. The van der Waals surface area contributed by atoms with Gasteiger partial charge in [-0.3, -0.25) is 4.79 Å². The lowest BCUT2D eigenvalue weighted by Crippen LogP contribution is -2.22. The van der Waals surface area contributed by atoms with Crippen molar-refractivity contribution in [1.29, 1.82) is 0 Å². The minimum atomic E-state index is -2.85. The SMILES string of the molecule is Nc1ccc(C(=O)NCc2ccc(OC(F)F)cc2)cc1. The van der Waals surface area contributed by atoms with Crippen LogP contribution in [0.25, 0.3) is 0 Å². The molecule has 0 heterocycles. The molecule has 3 N–H and O–H groups in total. The van der Waals surface area contributed by atoms with Crippen LogP contribution in [-0.4, -0.2) is 12.5 Å². The summed E-state index contributed by atoms with van der Waals surface area (Å²) >= 11 is 0. The van der Waals surface area contributed by atoms with Crippen molar-refractivity contribution < 1.29 is 18.3 Å². The Kier molecular flexibility index (Phi) is 4.71. The maximum Gasteiger partial charge on any atom is 0.387 e. The predicted molar refractivity (Wildman–Crippen MR) is 75.1 cm³/mol. The van der Waals surface area contributed by atoms with Crippen molar-refractivity contribution in [2.75, 3.05) is 5.73 Å². The first-order chi connectivity index (χ1) is 10.0. The number of carbonyl (C=O) groups is 1. The van der Waals surface area contributed by atoms with Gasteiger partial charge >= 0.3 is 6.61 Å². The van der Waals surface area contributed by atoms with Gasteiger partial charge in [0.2, 0.25) is 0 Å². The summed E-state index contributed by atoms with van der Waals surface area (Å²) in [4.78, 5) is 11.9. The van der Waals surface area contributed by atoms with Gasteiger partial charge in [0.15, 0.2) is 0 Å². The van der Waals surface area contributed by atoms with E-state index in [-0.39, 0.29) is 18.2 Å². The summed E-state index contributed by atoms with van der Waals surface area (Å²) in [6.07, 6.45) is 0. The Labute approximate surface area is 120 Å². The Morgan fingerprint density at radius 1 is 1.10 bits per heavy atom. The lowest BCUT2D eigenvalue weighted by atomic mass is 10.2. The number of hydrogen-bond donors (Lipinski definition) is 2. The number of anilines is 1. The third-order valence-electron chi connectivity index (χ3n) is 2.77. The quantitative estimate of drug-likeness (QED) is 0.833. The molecule has 2 aromatic carbocycles. The lowest BCUT2D eigenvalue weighted by molar-refractivity contribution is -0.0498. The fraction of sp³-hybridized carbons (Fsp3) is 0.133. The molecule has 0 saturated carbocycles. The van der Waals surface area contributed by atoms with Gasteiger partial charge in [-0.25, -0.2) is 0 Å². The smallest absolute Gasteiger partial charge is 0.387 e. The fourth-order valence-corrected chi connectivity index (χ4v) is 1.71. The highest BCUT2D eigenvalue weighted by Gasteiger charge is 2.06. The zero-order valence-electron chi connectivity index (χ0n) is 11.1. The van der Waals surface area contributed by atoms with Crippen LogP contribution in [0.3, 0.4) is 0 Å². The zero-order valence-corrected chi connectivity index (χ0v) is 11.1. The van der Waals surface area contributed by atoms with Gasteiger partial charge in [0, 0.05) is 17.8 Å². The van der Waals surface area contributed by atoms with Crippen LogP contribution in [0.1, 0.15) is 15.9 Å². The van der Waals surface area contributed by atoms with E-state index < -0.39 is 6.61 Å². The summed E-state index contributed by atoms with van der Waals surface area (Å²) in [7, 11) is 0. The molecule has 2 rings (SSSR count). The highest BCUT2D eigenvalue weighted by atomic mass is 19.3. The van der Waals surface area contributed by atoms with E-state index in [9.17, 15) is 13.6 Å². The molecule has 0 unspecified atom stereocenters. The van der Waals surface area contributed by atoms with Crippen molar-refractivity contribution in [3.05, 3.63) is 59.7 Å². The Balaban J connectivity index is 1.90. The maximum absolute atomic E-state index is 12.0. The summed E-state index contributed by atoms with van der Waals surface area (Å²) in [5.41, 5.74) is 7.41. The molecule has 0 bridgehead atoms. The van der Waals surface area contributed by atoms with Crippen LogP contribution in [0.4, 0.5) is 14.5 Å². The van der Waals surface area contributed by atoms with Crippen molar-refractivity contribution in [2.45, 2.75) is 13.2 Å². The number of nitrogen functional groups attached to an aromatic ring is 1. The van der Waals surface area contributed by atoms with Crippen molar-refractivity contribution in [1.82, 2.24) is 5.32 Å². The zero-order chi connectivity index (χ0) is 15.2. The number of amides is 1. The van der Waals surface area contributed by atoms with Crippen LogP contribution >= 0.6 is 0 Å². The van der Waals surface area contributed by atoms with Crippen LogP contribution in [0.5, 0.6) is 5.75 Å². The highest BCUT2D eigenvalue weighted by Crippen LogP contribution is 2.15. The summed E-state index contributed by atoms with van der Waals surface area (Å²) < 4.78 is 28.2. The molecular weight excluding hydrogens is 278 g/mol. The second-order valence-electron chi connectivity index (χ2n) is 4.33. The van der Waals surface area contributed by atoms with Crippen LogP contribution < -0.4 is 15.8 Å². The standard InChI is InChI=1S/C15H14F2N2O2/c16-15(17)21-13-7-1-10(2-8-13)9-19-14(20)11-3-5-12(18)6-4-11/h1-8,15H,9,18H2,(H,19,20). The first-order valence-corrected chi connectivity index (χ1v) is 6.22. The van der Waals surface area contributed by atoms with Gasteiger partial charge in [-0.15, -0.1) is 0 Å². The number of hydrogen-bond acceptors (Lipinski definition) is 3. The van der Waals surface area contributed by atoms with Gasteiger partial charge in [0.05, 0.1) is 0 Å². The molecular formula is C15H14F2N2O2. The number of ether oxygens (including phenoxy) is 1. The predicted octanol–water partition coefficient (Wildman–Crippen LogP) is 2.80. The van der Waals surface area contributed by atoms with E-state index in [2.05, 4.69) is 10.1 Å². The summed E-state index contributed by atoms with van der Waals surface area (Å²) in [6.45, 7) is -2.56. The highest BCUT2D eigenvalue weighted by molar-refractivity contribution is 5.94. The Morgan fingerprint density at radius 2 is 1.71 bits per heavy atom. The second kappa shape index (κ2) is 6.69. The number of rotatable bonds is 5. The van der Waals surface area contributed by atoms with Crippen LogP contribution in [-0.2, 0) is 6.54 Å². The molecule has 0 radical (unpaired) electrons. The number of halogens is 2. The Morgan fingerprint density at radius 3 is 2.29 bits per heavy atom. The molecule has 2 aromatic rings. The molecule has 110 valence electrons. The molecule has 1 amide bonds. The van der Waals surface area contributed by atoms with E-state index >= 15 is 0 Å². The fourth-order valence-electron chi connectivity index (χ4n) is 1.71. The normalized spacial score (nSPS) is 10.4. The minimum absolute atomic E-state index is 0.0820. The number of carbonyl (C=O) groups excluding carboxylic acids is 1. The first kappa shape index (κ1) is 14.8. The summed E-state index contributed by atoms with van der Waals surface area (Å²) in [5.74, 6) is -0.151. The Bertz CT molecular complexity index is 598. The molecule has 0 aromatic heterocycles. The molecule has 0 aliphatic heterocycles. The van der Waals surface area contributed by atoms with E-state index in [4.69, 9.17) is 5.73 Å². The Hall–Kier alpha value is -2.63. The van der Waals surface area contributed by atoms with Gasteiger partial charge < -0.3 is 15.8 Å². The van der Waals surface area contributed by atoms with Crippen molar-refractivity contribution >= 4 is 11.6 Å². The van der Waals surface area contributed by atoms with Gasteiger partial charge in [0.25, 0.3) is 5.91 Å². The minimum Gasteiger partial charge on any atom is -0.435 e. The van der Waals surface area contributed by atoms with E-state index in [1.807, 2.05) is 0 Å².